The fourth-order valence-corrected chi connectivity index (χ4v) is 1.74. The van der Waals surface area contributed by atoms with Gasteiger partial charge in [0.05, 0.1) is 10.2 Å². The smallest absolute Gasteiger partial charge is 0.165 e. The minimum Gasteiger partial charge on any atom is -0.372 e. The Balaban J connectivity index is 2.25. The van der Waals surface area contributed by atoms with Crippen molar-refractivity contribution in [3.05, 3.63) is 21.4 Å². The van der Waals surface area contributed by atoms with E-state index in [0.717, 1.165) is 29.6 Å². The van der Waals surface area contributed by atoms with Crippen molar-refractivity contribution in [2.45, 2.75) is 18.9 Å². The Bertz CT molecular complexity index is 315. The predicted molar refractivity (Wildman–Crippen MR) is 52.7 cm³/mol. The summed E-state index contributed by atoms with van der Waals surface area (Å²) in [5, 5.41) is 8.19. The van der Waals surface area contributed by atoms with E-state index in [9.17, 15) is 0 Å². The third kappa shape index (κ3) is 2.00. The summed E-state index contributed by atoms with van der Waals surface area (Å²) in [7, 11) is 0. The number of nitrogens with zero attached hydrogens (tertiary/aromatic N) is 2. The van der Waals surface area contributed by atoms with E-state index in [-0.39, 0.29) is 6.10 Å². The van der Waals surface area contributed by atoms with Gasteiger partial charge in [0.1, 0.15) is 6.10 Å². The highest BCUT2D eigenvalue weighted by molar-refractivity contribution is 9.10. The van der Waals surface area contributed by atoms with Crippen LogP contribution in [0.25, 0.3) is 0 Å². The number of rotatable bonds is 1. The van der Waals surface area contributed by atoms with Crippen LogP contribution < -0.4 is 0 Å². The van der Waals surface area contributed by atoms with Crippen LogP contribution in [0.2, 0.25) is 5.15 Å². The highest BCUT2D eigenvalue weighted by Crippen LogP contribution is 2.29. The monoisotopic (exact) mass is 262 g/mol. The third-order valence-electron chi connectivity index (χ3n) is 1.98. The zero-order valence-electron chi connectivity index (χ0n) is 6.83. The Morgan fingerprint density at radius 3 is 3.00 bits per heavy atom. The first-order chi connectivity index (χ1) is 6.27. The molecular formula is C8H8BrClN2O. The second-order valence-electron chi connectivity index (χ2n) is 2.91. The van der Waals surface area contributed by atoms with Crippen molar-refractivity contribution < 1.29 is 4.74 Å². The second kappa shape index (κ2) is 3.90. The molecule has 5 heteroatoms. The fraction of sp³-hybridized carbons (Fsp3) is 0.500. The normalized spacial score (nSPS) is 22.2. The largest absolute Gasteiger partial charge is 0.372 e. The molecule has 0 radical (unpaired) electrons. The van der Waals surface area contributed by atoms with Crippen molar-refractivity contribution in [3.63, 3.8) is 0 Å². The summed E-state index contributed by atoms with van der Waals surface area (Å²) in [6.45, 7) is 0.812. The number of aromatic nitrogens is 2. The van der Waals surface area contributed by atoms with Gasteiger partial charge in [0.15, 0.2) is 5.15 Å². The van der Waals surface area contributed by atoms with E-state index in [1.807, 2.05) is 6.07 Å². The van der Waals surface area contributed by atoms with Crippen LogP contribution in [0.1, 0.15) is 24.6 Å². The van der Waals surface area contributed by atoms with E-state index < -0.39 is 0 Å². The molecular weight excluding hydrogens is 255 g/mol. The second-order valence-corrected chi connectivity index (χ2v) is 4.12. The molecule has 3 nitrogen and oxygen atoms in total. The predicted octanol–water partition coefficient (Wildman–Crippen LogP) is 2.74. The number of ether oxygens (including phenoxy) is 1. The molecule has 0 amide bonds. The van der Waals surface area contributed by atoms with Gasteiger partial charge in [-0.05, 0) is 34.8 Å². The summed E-state index contributed by atoms with van der Waals surface area (Å²) in [6, 6.07) is 1.87. The van der Waals surface area contributed by atoms with Crippen LogP contribution in [0.5, 0.6) is 0 Å². The Morgan fingerprint density at radius 1 is 1.54 bits per heavy atom. The van der Waals surface area contributed by atoms with Gasteiger partial charge >= 0.3 is 0 Å². The Morgan fingerprint density at radius 2 is 2.38 bits per heavy atom. The van der Waals surface area contributed by atoms with Crippen molar-refractivity contribution in [1.82, 2.24) is 10.2 Å². The first-order valence-electron chi connectivity index (χ1n) is 4.07. The SMILES string of the molecule is Clc1nnc(C2CCCO2)cc1Br. The molecule has 13 heavy (non-hydrogen) atoms. The van der Waals surface area contributed by atoms with Crippen molar-refractivity contribution >= 4 is 27.5 Å². The molecule has 1 fully saturated rings. The van der Waals surface area contributed by atoms with Crippen molar-refractivity contribution in [1.29, 1.82) is 0 Å². The Hall–Kier alpha value is -0.190. The van der Waals surface area contributed by atoms with Crippen LogP contribution in [0.15, 0.2) is 10.5 Å². The van der Waals surface area contributed by atoms with Crippen molar-refractivity contribution in [2.75, 3.05) is 6.61 Å². The molecule has 0 aromatic carbocycles. The van der Waals surface area contributed by atoms with Gasteiger partial charge in [0, 0.05) is 6.61 Å². The lowest BCUT2D eigenvalue weighted by Crippen LogP contribution is -2.01. The molecule has 0 spiro atoms. The average Bonchev–Trinajstić information content (AvgIpc) is 2.62. The molecule has 2 rings (SSSR count). The standard InChI is InChI=1S/C8H8BrClN2O/c9-5-4-6(11-12-8(5)10)7-2-1-3-13-7/h4,7H,1-3H2. The minimum absolute atomic E-state index is 0.0982. The van der Waals surface area contributed by atoms with Crippen LogP contribution >= 0.6 is 27.5 Å². The van der Waals surface area contributed by atoms with Crippen LogP contribution in [0.3, 0.4) is 0 Å². The van der Waals surface area contributed by atoms with Gasteiger partial charge < -0.3 is 4.74 Å². The minimum atomic E-state index is 0.0982. The molecule has 1 atom stereocenters. The molecule has 70 valence electrons. The highest BCUT2D eigenvalue weighted by Gasteiger charge is 2.20. The summed E-state index contributed by atoms with van der Waals surface area (Å²) >= 11 is 9.03. The van der Waals surface area contributed by atoms with Gasteiger partial charge in [-0.2, -0.15) is 5.10 Å². The third-order valence-corrected chi connectivity index (χ3v) is 3.10. The topological polar surface area (TPSA) is 35.0 Å². The van der Waals surface area contributed by atoms with Crippen molar-refractivity contribution in [3.8, 4) is 0 Å². The lowest BCUT2D eigenvalue weighted by Gasteiger charge is -2.07. The maximum absolute atomic E-state index is 5.73. The van der Waals surface area contributed by atoms with Gasteiger partial charge in [-0.1, -0.05) is 11.6 Å². The first kappa shape index (κ1) is 9.37. The number of hydrogen-bond donors (Lipinski definition) is 0. The maximum atomic E-state index is 5.73. The zero-order valence-corrected chi connectivity index (χ0v) is 9.18. The van der Waals surface area contributed by atoms with Crippen LogP contribution in [0.4, 0.5) is 0 Å². The molecule has 1 unspecified atom stereocenters. The van der Waals surface area contributed by atoms with Crippen LogP contribution in [-0.4, -0.2) is 16.8 Å². The van der Waals surface area contributed by atoms with E-state index in [1.54, 1.807) is 0 Å². The summed E-state index contributed by atoms with van der Waals surface area (Å²) < 4.78 is 6.24. The molecule has 0 saturated carbocycles. The quantitative estimate of drug-likeness (QED) is 0.781. The molecule has 1 aromatic heterocycles. The van der Waals surface area contributed by atoms with E-state index in [1.165, 1.54) is 0 Å². The molecule has 2 heterocycles. The van der Waals surface area contributed by atoms with E-state index >= 15 is 0 Å². The van der Waals surface area contributed by atoms with Gasteiger partial charge in [0.2, 0.25) is 0 Å². The summed E-state index contributed by atoms with van der Waals surface area (Å²) in [5.74, 6) is 0. The number of halogens is 2. The molecule has 0 bridgehead atoms. The van der Waals surface area contributed by atoms with Gasteiger partial charge in [-0.3, -0.25) is 0 Å². The molecule has 1 aromatic rings. The molecule has 0 N–H and O–H groups in total. The summed E-state index contributed by atoms with van der Waals surface area (Å²) in [4.78, 5) is 0. The average molecular weight is 264 g/mol. The lowest BCUT2D eigenvalue weighted by atomic mass is 10.2. The molecule has 0 aliphatic carbocycles. The fourth-order valence-electron chi connectivity index (χ4n) is 1.34. The van der Waals surface area contributed by atoms with E-state index in [4.69, 9.17) is 16.3 Å². The Kier molecular flexibility index (Phi) is 2.81. The zero-order chi connectivity index (χ0) is 9.26. The maximum Gasteiger partial charge on any atom is 0.165 e. The first-order valence-corrected chi connectivity index (χ1v) is 5.24. The molecule has 1 saturated heterocycles. The molecule has 1 aliphatic heterocycles. The van der Waals surface area contributed by atoms with E-state index in [0.29, 0.717) is 5.15 Å². The number of hydrogen-bond acceptors (Lipinski definition) is 3. The summed E-state index contributed by atoms with van der Waals surface area (Å²) in [5.41, 5.74) is 0.855. The van der Waals surface area contributed by atoms with Crippen LogP contribution in [0, 0.1) is 0 Å². The Labute approximate surface area is 89.6 Å². The van der Waals surface area contributed by atoms with Gasteiger partial charge in [-0.15, -0.1) is 5.10 Å². The highest BCUT2D eigenvalue weighted by atomic mass is 79.9. The lowest BCUT2D eigenvalue weighted by molar-refractivity contribution is 0.108. The summed E-state index contributed by atoms with van der Waals surface area (Å²) in [6.07, 6.45) is 2.20. The van der Waals surface area contributed by atoms with Crippen molar-refractivity contribution in [2.24, 2.45) is 0 Å². The van der Waals surface area contributed by atoms with Gasteiger partial charge in [0.25, 0.3) is 0 Å². The van der Waals surface area contributed by atoms with Crippen LogP contribution in [-0.2, 0) is 4.74 Å². The molecule has 1 aliphatic rings. The van der Waals surface area contributed by atoms with Gasteiger partial charge in [-0.25, -0.2) is 0 Å². The van der Waals surface area contributed by atoms with E-state index in [2.05, 4.69) is 26.1 Å².